The molecule has 0 unspecified atom stereocenters. The van der Waals surface area contributed by atoms with Gasteiger partial charge in [-0.25, -0.2) is 4.39 Å². The minimum atomic E-state index is -0.409. The molecule has 1 aliphatic rings. The van der Waals surface area contributed by atoms with E-state index in [1.165, 1.54) is 13.2 Å². The largest absolute Gasteiger partial charge is 0.494 e. The first kappa shape index (κ1) is 14.8. The molecule has 0 saturated heterocycles. The zero-order valence-electron chi connectivity index (χ0n) is 12.0. The molecule has 0 radical (unpaired) electrons. The minimum absolute atomic E-state index is 0.0822. The van der Waals surface area contributed by atoms with Gasteiger partial charge in [0.2, 0.25) is 5.91 Å². The van der Waals surface area contributed by atoms with Crippen molar-refractivity contribution in [3.8, 4) is 5.75 Å². The first-order valence-electron chi connectivity index (χ1n) is 6.88. The molecule has 4 nitrogen and oxygen atoms in total. The van der Waals surface area contributed by atoms with Crippen LogP contribution in [0, 0.1) is 11.2 Å². The van der Waals surface area contributed by atoms with Gasteiger partial charge in [0.25, 0.3) is 0 Å². The van der Waals surface area contributed by atoms with Gasteiger partial charge < -0.3 is 15.4 Å². The van der Waals surface area contributed by atoms with Crippen LogP contribution in [0.4, 0.5) is 4.39 Å². The van der Waals surface area contributed by atoms with Gasteiger partial charge in [0.15, 0.2) is 11.6 Å². The average Bonchev–Trinajstić information content (AvgIpc) is 3.25. The first-order chi connectivity index (χ1) is 9.56. The van der Waals surface area contributed by atoms with E-state index < -0.39 is 5.82 Å². The molecule has 1 aliphatic carbocycles. The normalized spacial score (nSPS) is 15.8. The van der Waals surface area contributed by atoms with E-state index in [2.05, 4.69) is 0 Å². The number of ether oxygens (including phenoxy) is 1. The third kappa shape index (κ3) is 2.77. The van der Waals surface area contributed by atoms with Gasteiger partial charge in [-0.15, -0.1) is 0 Å². The highest BCUT2D eigenvalue weighted by Gasteiger charge is 2.50. The lowest BCUT2D eigenvalue weighted by molar-refractivity contribution is -0.137. The summed E-state index contributed by atoms with van der Waals surface area (Å²) in [5.74, 6) is -0.115. The molecule has 110 valence electrons. The van der Waals surface area contributed by atoms with Crippen LogP contribution in [-0.4, -0.2) is 31.0 Å². The molecule has 5 heteroatoms. The fourth-order valence-corrected chi connectivity index (χ4v) is 2.35. The van der Waals surface area contributed by atoms with Crippen LogP contribution in [-0.2, 0) is 11.3 Å². The molecule has 2 rings (SSSR count). The molecule has 1 saturated carbocycles. The van der Waals surface area contributed by atoms with Crippen molar-refractivity contribution in [3.05, 3.63) is 29.6 Å². The Morgan fingerprint density at radius 1 is 1.50 bits per heavy atom. The number of hydrogen-bond acceptors (Lipinski definition) is 3. The van der Waals surface area contributed by atoms with Crippen LogP contribution in [0.2, 0.25) is 0 Å². The second kappa shape index (κ2) is 5.79. The quantitative estimate of drug-likeness (QED) is 0.866. The van der Waals surface area contributed by atoms with Crippen molar-refractivity contribution in [3.63, 3.8) is 0 Å². The number of rotatable bonds is 6. The highest BCUT2D eigenvalue weighted by atomic mass is 19.1. The van der Waals surface area contributed by atoms with Crippen molar-refractivity contribution >= 4 is 5.91 Å². The molecular formula is C15H21FN2O2. The first-order valence-corrected chi connectivity index (χ1v) is 6.88. The van der Waals surface area contributed by atoms with Gasteiger partial charge in [0.05, 0.1) is 12.5 Å². The summed E-state index contributed by atoms with van der Waals surface area (Å²) in [6.07, 6.45) is 1.71. The summed E-state index contributed by atoms with van der Waals surface area (Å²) in [5, 5.41) is 0. The van der Waals surface area contributed by atoms with Crippen LogP contribution in [0.3, 0.4) is 0 Å². The Balaban J connectivity index is 2.10. The Morgan fingerprint density at radius 3 is 2.65 bits per heavy atom. The summed E-state index contributed by atoms with van der Waals surface area (Å²) >= 11 is 0. The van der Waals surface area contributed by atoms with Gasteiger partial charge in [-0.05, 0) is 37.5 Å². The molecular weight excluding hydrogens is 259 g/mol. The van der Waals surface area contributed by atoms with E-state index in [9.17, 15) is 9.18 Å². The number of nitrogens with zero attached hydrogens (tertiary/aromatic N) is 1. The summed E-state index contributed by atoms with van der Waals surface area (Å²) < 4.78 is 18.6. The van der Waals surface area contributed by atoms with Crippen LogP contribution in [0.1, 0.15) is 25.3 Å². The third-order valence-corrected chi connectivity index (χ3v) is 3.96. The molecule has 1 aromatic rings. The molecule has 0 bridgehead atoms. The van der Waals surface area contributed by atoms with E-state index in [0.717, 1.165) is 18.4 Å². The Kier molecular flexibility index (Phi) is 4.28. The Labute approximate surface area is 118 Å². The van der Waals surface area contributed by atoms with Crippen molar-refractivity contribution < 1.29 is 13.9 Å². The van der Waals surface area contributed by atoms with E-state index in [1.807, 2.05) is 6.92 Å². The van der Waals surface area contributed by atoms with Crippen molar-refractivity contribution in [1.82, 2.24) is 4.90 Å². The smallest absolute Gasteiger partial charge is 0.230 e. The summed E-state index contributed by atoms with van der Waals surface area (Å²) in [7, 11) is 1.43. The van der Waals surface area contributed by atoms with E-state index in [1.54, 1.807) is 17.0 Å². The van der Waals surface area contributed by atoms with Gasteiger partial charge >= 0.3 is 0 Å². The van der Waals surface area contributed by atoms with E-state index in [4.69, 9.17) is 10.5 Å². The van der Waals surface area contributed by atoms with Gasteiger partial charge in [-0.2, -0.15) is 0 Å². The zero-order valence-corrected chi connectivity index (χ0v) is 12.0. The Hall–Kier alpha value is -1.62. The lowest BCUT2D eigenvalue weighted by atomic mass is 10.1. The average molecular weight is 280 g/mol. The number of nitrogens with two attached hydrogens (primary N) is 1. The highest BCUT2D eigenvalue weighted by molar-refractivity contribution is 5.85. The summed E-state index contributed by atoms with van der Waals surface area (Å²) in [6, 6.07) is 4.77. The van der Waals surface area contributed by atoms with Gasteiger partial charge in [0.1, 0.15) is 0 Å². The van der Waals surface area contributed by atoms with Gasteiger partial charge in [-0.1, -0.05) is 6.07 Å². The standard InChI is InChI=1S/C15H21FN2O2/c1-3-18(14(19)15(10-17)6-7-15)9-11-4-5-13(20-2)12(16)8-11/h4-5,8H,3,6-7,9-10,17H2,1-2H3. The SMILES string of the molecule is CCN(Cc1ccc(OC)c(F)c1)C(=O)C1(CN)CC1. The Morgan fingerprint density at radius 2 is 2.20 bits per heavy atom. The molecule has 1 fully saturated rings. The number of benzene rings is 1. The predicted octanol–water partition coefficient (Wildman–Crippen LogP) is 1.92. The number of carbonyl (C=O) groups is 1. The van der Waals surface area contributed by atoms with Crippen LogP contribution in [0.25, 0.3) is 0 Å². The number of hydrogen-bond donors (Lipinski definition) is 1. The number of halogens is 1. The fraction of sp³-hybridized carbons (Fsp3) is 0.533. The fourth-order valence-electron chi connectivity index (χ4n) is 2.35. The van der Waals surface area contributed by atoms with Gasteiger partial charge in [-0.3, -0.25) is 4.79 Å². The molecule has 20 heavy (non-hydrogen) atoms. The molecule has 1 amide bonds. The number of amides is 1. The highest BCUT2D eigenvalue weighted by Crippen LogP contribution is 2.46. The number of methoxy groups -OCH3 is 1. The van der Waals surface area contributed by atoms with Crippen LogP contribution in [0.5, 0.6) is 5.75 Å². The molecule has 0 aromatic heterocycles. The van der Waals surface area contributed by atoms with E-state index >= 15 is 0 Å². The maximum atomic E-state index is 13.7. The molecule has 0 spiro atoms. The van der Waals surface area contributed by atoms with E-state index in [0.29, 0.717) is 19.6 Å². The van der Waals surface area contributed by atoms with Crippen LogP contribution in [0.15, 0.2) is 18.2 Å². The molecule has 0 aliphatic heterocycles. The minimum Gasteiger partial charge on any atom is -0.494 e. The number of carbonyl (C=O) groups excluding carboxylic acids is 1. The van der Waals surface area contributed by atoms with Gasteiger partial charge in [0, 0.05) is 19.6 Å². The zero-order chi connectivity index (χ0) is 14.8. The maximum absolute atomic E-state index is 13.7. The summed E-state index contributed by atoms with van der Waals surface area (Å²) in [6.45, 7) is 3.30. The molecule has 1 aromatic carbocycles. The maximum Gasteiger partial charge on any atom is 0.230 e. The summed E-state index contributed by atoms with van der Waals surface area (Å²) in [4.78, 5) is 14.2. The van der Waals surface area contributed by atoms with Crippen LogP contribution >= 0.6 is 0 Å². The molecule has 0 atom stereocenters. The second-order valence-electron chi connectivity index (χ2n) is 5.27. The van der Waals surface area contributed by atoms with Crippen LogP contribution < -0.4 is 10.5 Å². The lowest BCUT2D eigenvalue weighted by Gasteiger charge is -2.25. The summed E-state index contributed by atoms with van der Waals surface area (Å²) in [5.41, 5.74) is 6.09. The van der Waals surface area contributed by atoms with Crippen molar-refractivity contribution in [2.24, 2.45) is 11.1 Å². The molecule has 0 heterocycles. The van der Waals surface area contributed by atoms with E-state index in [-0.39, 0.29) is 17.1 Å². The van der Waals surface area contributed by atoms with Crippen molar-refractivity contribution in [1.29, 1.82) is 0 Å². The lowest BCUT2D eigenvalue weighted by Crippen LogP contribution is -2.40. The van der Waals surface area contributed by atoms with Crippen molar-refractivity contribution in [2.45, 2.75) is 26.3 Å². The van der Waals surface area contributed by atoms with Crippen molar-refractivity contribution in [2.75, 3.05) is 20.2 Å². The monoisotopic (exact) mass is 280 g/mol. The predicted molar refractivity (Wildman–Crippen MR) is 74.8 cm³/mol. The Bertz CT molecular complexity index is 501. The third-order valence-electron chi connectivity index (χ3n) is 3.96. The topological polar surface area (TPSA) is 55.6 Å². The molecule has 2 N–H and O–H groups in total. The second-order valence-corrected chi connectivity index (χ2v) is 5.27.